The predicted molar refractivity (Wildman–Crippen MR) is 247 cm³/mol. The highest BCUT2D eigenvalue weighted by atomic mass is 15.1. The van der Waals surface area contributed by atoms with Crippen molar-refractivity contribution in [3.63, 3.8) is 0 Å². The number of H-pyrrole nitrogens is 1. The summed E-state index contributed by atoms with van der Waals surface area (Å²) < 4.78 is 0. The van der Waals surface area contributed by atoms with Crippen LogP contribution in [0.1, 0.15) is 105 Å². The van der Waals surface area contributed by atoms with Gasteiger partial charge in [-0.25, -0.2) is 9.97 Å². The van der Waals surface area contributed by atoms with Gasteiger partial charge in [0.25, 0.3) is 0 Å². The van der Waals surface area contributed by atoms with Gasteiger partial charge in [-0.3, -0.25) is 4.98 Å². The van der Waals surface area contributed by atoms with Crippen molar-refractivity contribution in [2.45, 2.75) is 105 Å². The molecule has 0 bridgehead atoms. The van der Waals surface area contributed by atoms with Gasteiger partial charge >= 0.3 is 0 Å². The Morgan fingerprint density at radius 1 is 0.466 bits per heavy atom. The molecule has 9 heteroatoms. The van der Waals surface area contributed by atoms with Crippen LogP contribution in [0.15, 0.2) is 110 Å². The molecule has 0 fully saturated rings. The number of fused-ring (bicyclic) bond motifs is 4. The number of pyridine rings is 2. The van der Waals surface area contributed by atoms with E-state index in [9.17, 15) is 0 Å². The molecule has 0 atom stereocenters. The Bertz CT molecular complexity index is 2550. The molecule has 0 aliphatic rings. The van der Waals surface area contributed by atoms with E-state index < -0.39 is 0 Å². The third-order valence-corrected chi connectivity index (χ3v) is 10.1. The quantitative estimate of drug-likeness (QED) is 0.118. The first-order chi connectivity index (χ1) is 27.0. The van der Waals surface area contributed by atoms with Crippen molar-refractivity contribution in [3.8, 4) is 0 Å². The number of nitrogen functional groups attached to an aromatic ring is 3. The largest absolute Gasteiger partial charge is 0.383 e. The van der Waals surface area contributed by atoms with E-state index in [1.165, 1.54) is 33.0 Å². The molecule has 0 unspecified atom stereocenters. The molecule has 0 saturated carbocycles. The topological polar surface area (TPSA) is 158 Å². The third-order valence-electron chi connectivity index (χ3n) is 10.1. The van der Waals surface area contributed by atoms with E-state index in [-0.39, 0.29) is 21.7 Å². The number of nitrogens with two attached hydrogens (primary N) is 3. The van der Waals surface area contributed by atoms with Crippen molar-refractivity contribution in [2.24, 2.45) is 0 Å². The molecule has 302 valence electrons. The number of imidazole rings is 1. The van der Waals surface area contributed by atoms with Crippen LogP contribution in [-0.2, 0) is 21.7 Å². The summed E-state index contributed by atoms with van der Waals surface area (Å²) >= 11 is 0. The molecule has 4 heterocycles. The molecule has 0 saturated heterocycles. The van der Waals surface area contributed by atoms with Crippen LogP contribution in [-0.4, -0.2) is 30.1 Å². The second-order valence-electron chi connectivity index (χ2n) is 19.0. The summed E-state index contributed by atoms with van der Waals surface area (Å²) in [5.41, 5.74) is 25.0. The number of rotatable bonds is 0. The van der Waals surface area contributed by atoms with Crippen LogP contribution in [0, 0.1) is 0 Å². The monoisotopic (exact) mass is 776 g/mol. The number of nitrogens with zero attached hydrogens (tertiary/aromatic N) is 5. The Kier molecular flexibility index (Phi) is 12.5. The van der Waals surface area contributed by atoms with Gasteiger partial charge in [-0.15, -0.1) is 5.10 Å². The number of hydrogen-bond acceptors (Lipinski definition) is 8. The Labute approximate surface area is 343 Å². The predicted octanol–water partition coefficient (Wildman–Crippen LogP) is 11.6. The van der Waals surface area contributed by atoms with E-state index in [2.05, 4.69) is 180 Å². The van der Waals surface area contributed by atoms with Crippen molar-refractivity contribution in [1.29, 1.82) is 0 Å². The molecule has 4 aromatic carbocycles. The van der Waals surface area contributed by atoms with Gasteiger partial charge in [0.15, 0.2) is 11.8 Å². The molecular formula is C49H61N9. The Morgan fingerprint density at radius 3 is 1.57 bits per heavy atom. The Hall–Kier alpha value is -6.09. The lowest BCUT2D eigenvalue weighted by Crippen LogP contribution is -2.10. The first-order valence-corrected chi connectivity index (χ1v) is 19.8. The second-order valence-corrected chi connectivity index (χ2v) is 19.0. The van der Waals surface area contributed by atoms with Crippen molar-refractivity contribution >= 4 is 60.9 Å². The summed E-state index contributed by atoms with van der Waals surface area (Å²) in [4.78, 5) is 15.4. The number of aromatic nitrogens is 6. The second kappa shape index (κ2) is 16.8. The van der Waals surface area contributed by atoms with Gasteiger partial charge in [-0.1, -0.05) is 138 Å². The fraction of sp³-hybridized carbons (Fsp3) is 0.327. The highest BCUT2D eigenvalue weighted by molar-refractivity contribution is 5.92. The summed E-state index contributed by atoms with van der Waals surface area (Å²) in [6.45, 7) is 26.4. The maximum atomic E-state index is 5.80. The standard InChI is InChI=1S/C13H16N2.C13H15N.C12H15N3.C11H15N3/c1-13(2,3)10-4-5-11-9(8-10)6-7-15-12(11)14;1-13(2,3)12-5-4-11-9-14-7-6-10(11)8-12;1-12(2,3)9-4-5-10-8(6-9)7-14-15-11(10)13;1-11(2,3)7-4-5-8-9(6-7)14-10(12)13-8/h4-8H,1-3H3,(H2,14,15);4-9H,1-3H3;4-7H,1-3H3,(H2,13,15);4-6H,1-3H3,(H3,12,13,14). The van der Waals surface area contributed by atoms with E-state index >= 15 is 0 Å². The fourth-order valence-electron chi connectivity index (χ4n) is 6.29. The van der Waals surface area contributed by atoms with E-state index in [4.69, 9.17) is 17.2 Å². The number of aromatic amines is 1. The molecule has 58 heavy (non-hydrogen) atoms. The lowest BCUT2D eigenvalue weighted by Gasteiger charge is -2.19. The first kappa shape index (κ1) is 43.0. The van der Waals surface area contributed by atoms with Crippen molar-refractivity contribution in [3.05, 3.63) is 132 Å². The summed E-state index contributed by atoms with van der Waals surface area (Å²) in [5.74, 6) is 1.58. The van der Waals surface area contributed by atoms with Crippen LogP contribution in [0.4, 0.5) is 17.6 Å². The van der Waals surface area contributed by atoms with Gasteiger partial charge in [0.2, 0.25) is 0 Å². The van der Waals surface area contributed by atoms with E-state index in [1.807, 2.05) is 30.6 Å². The molecule has 4 aromatic heterocycles. The van der Waals surface area contributed by atoms with Crippen LogP contribution < -0.4 is 17.2 Å². The first-order valence-electron chi connectivity index (χ1n) is 19.8. The van der Waals surface area contributed by atoms with Gasteiger partial charge in [-0.2, -0.15) is 5.10 Å². The Balaban J connectivity index is 0.000000147. The van der Waals surface area contributed by atoms with Crippen molar-refractivity contribution in [2.75, 3.05) is 17.2 Å². The number of benzene rings is 4. The highest BCUT2D eigenvalue weighted by Gasteiger charge is 2.17. The minimum atomic E-state index is 0.145. The molecule has 8 rings (SSSR count). The van der Waals surface area contributed by atoms with Crippen LogP contribution in [0.25, 0.3) is 43.4 Å². The van der Waals surface area contributed by atoms with Gasteiger partial charge < -0.3 is 22.2 Å². The minimum absolute atomic E-state index is 0.145. The normalized spacial score (nSPS) is 12.0. The molecule has 0 radical (unpaired) electrons. The molecule has 0 aliphatic carbocycles. The number of nitrogens with one attached hydrogen (secondary N) is 1. The lowest BCUT2D eigenvalue weighted by molar-refractivity contribution is 0.591. The molecule has 7 N–H and O–H groups in total. The summed E-state index contributed by atoms with van der Waals surface area (Å²) in [5, 5.41) is 14.4. The van der Waals surface area contributed by atoms with Crippen molar-refractivity contribution < 1.29 is 0 Å². The van der Waals surface area contributed by atoms with Gasteiger partial charge in [0, 0.05) is 40.1 Å². The zero-order valence-electron chi connectivity index (χ0n) is 36.4. The average molecular weight is 776 g/mol. The molecule has 0 amide bonds. The van der Waals surface area contributed by atoms with Gasteiger partial charge in [0.1, 0.15) is 5.82 Å². The van der Waals surface area contributed by atoms with Crippen LogP contribution >= 0.6 is 0 Å². The molecular weight excluding hydrogens is 715 g/mol. The zero-order valence-corrected chi connectivity index (χ0v) is 36.4. The molecule has 8 aromatic rings. The van der Waals surface area contributed by atoms with Gasteiger partial charge in [0.05, 0.1) is 17.2 Å². The van der Waals surface area contributed by atoms with Crippen LogP contribution in [0.3, 0.4) is 0 Å². The lowest BCUT2D eigenvalue weighted by atomic mass is 9.86. The Morgan fingerprint density at radius 2 is 0.966 bits per heavy atom. The SMILES string of the molecule is CC(C)(C)c1ccc2c(N)nccc2c1.CC(C)(C)c1ccc2c(N)nncc2c1.CC(C)(C)c1ccc2cnccc2c1.CC(C)(C)c1ccc2nc(N)[nH]c2c1. The van der Waals surface area contributed by atoms with E-state index in [0.717, 1.165) is 32.6 Å². The van der Waals surface area contributed by atoms with Crippen LogP contribution in [0.2, 0.25) is 0 Å². The average Bonchev–Trinajstić information content (AvgIpc) is 3.53. The molecule has 9 nitrogen and oxygen atoms in total. The van der Waals surface area contributed by atoms with Crippen molar-refractivity contribution in [1.82, 2.24) is 30.1 Å². The highest BCUT2D eigenvalue weighted by Crippen LogP contribution is 2.30. The van der Waals surface area contributed by atoms with E-state index in [1.54, 1.807) is 12.4 Å². The maximum absolute atomic E-state index is 5.80. The summed E-state index contributed by atoms with van der Waals surface area (Å²) in [6, 6.07) is 29.5. The summed E-state index contributed by atoms with van der Waals surface area (Å²) in [6.07, 6.45) is 7.25. The van der Waals surface area contributed by atoms with E-state index in [0.29, 0.717) is 17.6 Å². The fourth-order valence-corrected chi connectivity index (χ4v) is 6.29. The minimum Gasteiger partial charge on any atom is -0.383 e. The number of hydrogen-bond donors (Lipinski definition) is 4. The molecule has 0 spiro atoms. The third kappa shape index (κ3) is 10.8. The van der Waals surface area contributed by atoms with Crippen LogP contribution in [0.5, 0.6) is 0 Å². The zero-order chi connectivity index (χ0) is 42.6. The smallest absolute Gasteiger partial charge is 0.198 e. The van der Waals surface area contributed by atoms with Gasteiger partial charge in [-0.05, 0) is 85.0 Å². The number of anilines is 3. The molecule has 0 aliphatic heterocycles. The summed E-state index contributed by atoms with van der Waals surface area (Å²) in [7, 11) is 0. The maximum Gasteiger partial charge on any atom is 0.198 e.